The van der Waals surface area contributed by atoms with Crippen LogP contribution < -0.4 is 0 Å². The van der Waals surface area contributed by atoms with E-state index >= 15 is 0 Å². The summed E-state index contributed by atoms with van der Waals surface area (Å²) in [5.74, 6) is 0. The van der Waals surface area contributed by atoms with E-state index in [1.807, 2.05) is 0 Å². The highest BCUT2D eigenvalue weighted by Crippen LogP contribution is 2.15. The van der Waals surface area contributed by atoms with Gasteiger partial charge in [-0.1, -0.05) is 90.9 Å². The third-order valence-corrected chi connectivity index (χ3v) is 5.35. The Morgan fingerprint density at radius 3 is 1.38 bits per heavy atom. The SMILES string of the molecule is [CH2]Cc1cc(CCCCCCCCC)nc(CCCCCCCCC)c1. The van der Waals surface area contributed by atoms with Gasteiger partial charge in [-0.25, -0.2) is 0 Å². The van der Waals surface area contributed by atoms with Gasteiger partial charge in [0.2, 0.25) is 0 Å². The Bertz CT molecular complexity index is 402. The van der Waals surface area contributed by atoms with Crippen LogP contribution in [0.2, 0.25) is 0 Å². The molecule has 149 valence electrons. The maximum Gasteiger partial charge on any atom is 0.0409 e. The summed E-state index contributed by atoms with van der Waals surface area (Å²) in [6.07, 6.45) is 22.3. The first-order chi connectivity index (χ1) is 12.8. The van der Waals surface area contributed by atoms with Gasteiger partial charge < -0.3 is 0 Å². The quantitative estimate of drug-likeness (QED) is 0.257. The van der Waals surface area contributed by atoms with Gasteiger partial charge in [0.15, 0.2) is 0 Å². The summed E-state index contributed by atoms with van der Waals surface area (Å²) in [5, 5.41) is 0. The van der Waals surface area contributed by atoms with Gasteiger partial charge in [-0.05, 0) is 56.7 Å². The third kappa shape index (κ3) is 11.7. The second kappa shape index (κ2) is 16.3. The molecule has 0 atom stereocenters. The Kier molecular flexibility index (Phi) is 14.6. The molecular weight excluding hydrogens is 314 g/mol. The van der Waals surface area contributed by atoms with Crippen LogP contribution in [-0.2, 0) is 19.3 Å². The van der Waals surface area contributed by atoms with Crippen LogP contribution >= 0.6 is 0 Å². The summed E-state index contributed by atoms with van der Waals surface area (Å²) < 4.78 is 0. The molecule has 0 fully saturated rings. The van der Waals surface area contributed by atoms with Gasteiger partial charge >= 0.3 is 0 Å². The molecule has 1 radical (unpaired) electrons. The average Bonchev–Trinajstić information content (AvgIpc) is 2.66. The molecule has 0 unspecified atom stereocenters. The largest absolute Gasteiger partial charge is 0.258 e. The minimum absolute atomic E-state index is 0.885. The molecule has 26 heavy (non-hydrogen) atoms. The zero-order valence-electron chi connectivity index (χ0n) is 17.8. The van der Waals surface area contributed by atoms with Crippen molar-refractivity contribution in [2.45, 2.75) is 123 Å². The molecule has 1 rings (SSSR count). The van der Waals surface area contributed by atoms with E-state index < -0.39 is 0 Å². The van der Waals surface area contributed by atoms with E-state index in [4.69, 9.17) is 4.98 Å². The second-order valence-electron chi connectivity index (χ2n) is 7.95. The molecule has 0 saturated heterocycles. The molecule has 0 aromatic carbocycles. The fourth-order valence-corrected chi connectivity index (χ4v) is 3.65. The van der Waals surface area contributed by atoms with Crippen LogP contribution in [0.25, 0.3) is 0 Å². The van der Waals surface area contributed by atoms with Crippen LogP contribution in [0, 0.1) is 6.92 Å². The van der Waals surface area contributed by atoms with Crippen LogP contribution in [0.1, 0.15) is 121 Å². The summed E-state index contributed by atoms with van der Waals surface area (Å²) in [6.45, 7) is 8.65. The number of pyridine rings is 1. The molecule has 1 nitrogen and oxygen atoms in total. The van der Waals surface area contributed by atoms with Gasteiger partial charge in [0.25, 0.3) is 0 Å². The maximum absolute atomic E-state index is 4.95. The normalized spacial score (nSPS) is 11.2. The molecule has 1 heterocycles. The fraction of sp³-hybridized carbons (Fsp3) is 0.760. The summed E-state index contributed by atoms with van der Waals surface area (Å²) in [5.41, 5.74) is 3.98. The van der Waals surface area contributed by atoms with Gasteiger partial charge in [-0.2, -0.15) is 0 Å². The molecular formula is C25H44N. The van der Waals surface area contributed by atoms with Crippen molar-refractivity contribution in [1.82, 2.24) is 4.98 Å². The van der Waals surface area contributed by atoms with E-state index in [2.05, 4.69) is 32.9 Å². The Morgan fingerprint density at radius 1 is 0.615 bits per heavy atom. The number of hydrogen-bond donors (Lipinski definition) is 0. The lowest BCUT2D eigenvalue weighted by Crippen LogP contribution is -2.00. The lowest BCUT2D eigenvalue weighted by atomic mass is 10.0. The van der Waals surface area contributed by atoms with Gasteiger partial charge in [0, 0.05) is 11.4 Å². The molecule has 1 heteroatoms. The Morgan fingerprint density at radius 2 is 1.00 bits per heavy atom. The van der Waals surface area contributed by atoms with E-state index in [-0.39, 0.29) is 0 Å². The second-order valence-corrected chi connectivity index (χ2v) is 7.95. The van der Waals surface area contributed by atoms with Crippen LogP contribution in [0.4, 0.5) is 0 Å². The number of rotatable bonds is 17. The van der Waals surface area contributed by atoms with Crippen molar-refractivity contribution >= 4 is 0 Å². The number of nitrogens with zero attached hydrogens (tertiary/aromatic N) is 1. The van der Waals surface area contributed by atoms with Crippen molar-refractivity contribution < 1.29 is 0 Å². The smallest absolute Gasteiger partial charge is 0.0409 e. The molecule has 1 aromatic rings. The molecule has 0 bridgehead atoms. The van der Waals surface area contributed by atoms with Crippen LogP contribution in [0.15, 0.2) is 12.1 Å². The van der Waals surface area contributed by atoms with Crippen LogP contribution in [0.3, 0.4) is 0 Å². The predicted octanol–water partition coefficient (Wildman–Crippen LogP) is 8.04. The molecule has 0 aliphatic heterocycles. The van der Waals surface area contributed by atoms with Crippen LogP contribution in [-0.4, -0.2) is 4.98 Å². The lowest BCUT2D eigenvalue weighted by Gasteiger charge is -2.09. The number of aryl methyl sites for hydroxylation is 2. The van der Waals surface area contributed by atoms with Crippen molar-refractivity contribution in [3.8, 4) is 0 Å². The van der Waals surface area contributed by atoms with E-state index in [0.717, 1.165) is 19.3 Å². The lowest BCUT2D eigenvalue weighted by molar-refractivity contribution is 0.582. The van der Waals surface area contributed by atoms with Gasteiger partial charge in [-0.3, -0.25) is 4.98 Å². The summed E-state index contributed by atoms with van der Waals surface area (Å²) in [6, 6.07) is 4.58. The molecule has 0 aliphatic rings. The van der Waals surface area contributed by atoms with Crippen LogP contribution in [0.5, 0.6) is 0 Å². The number of unbranched alkanes of at least 4 members (excludes halogenated alkanes) is 12. The van der Waals surface area contributed by atoms with E-state index in [1.165, 1.54) is 107 Å². The molecule has 0 N–H and O–H groups in total. The number of hydrogen-bond acceptors (Lipinski definition) is 1. The first-order valence-corrected chi connectivity index (χ1v) is 11.6. The zero-order valence-corrected chi connectivity index (χ0v) is 17.8. The molecule has 0 aliphatic carbocycles. The third-order valence-electron chi connectivity index (χ3n) is 5.35. The highest BCUT2D eigenvalue weighted by atomic mass is 14.7. The Hall–Kier alpha value is -0.850. The minimum atomic E-state index is 0.885. The molecule has 0 saturated carbocycles. The van der Waals surface area contributed by atoms with E-state index in [0.29, 0.717) is 0 Å². The summed E-state index contributed by atoms with van der Waals surface area (Å²) in [4.78, 5) is 4.95. The van der Waals surface area contributed by atoms with Crippen molar-refractivity contribution in [3.05, 3.63) is 36.0 Å². The zero-order chi connectivity index (χ0) is 18.9. The van der Waals surface area contributed by atoms with Crippen molar-refractivity contribution in [2.75, 3.05) is 0 Å². The first kappa shape index (κ1) is 23.2. The topological polar surface area (TPSA) is 12.9 Å². The minimum Gasteiger partial charge on any atom is -0.258 e. The van der Waals surface area contributed by atoms with Crippen molar-refractivity contribution in [3.63, 3.8) is 0 Å². The highest BCUT2D eigenvalue weighted by Gasteiger charge is 2.03. The first-order valence-electron chi connectivity index (χ1n) is 11.6. The van der Waals surface area contributed by atoms with Crippen molar-refractivity contribution in [1.29, 1.82) is 0 Å². The molecule has 0 amide bonds. The standard InChI is InChI=1S/C25H44N/c1-4-7-9-11-13-15-17-19-24-21-23(6-3)22-25(26-24)20-18-16-14-12-10-8-5-2/h21-22H,3-20H2,1-2H3. The average molecular weight is 359 g/mol. The van der Waals surface area contributed by atoms with Gasteiger partial charge in [-0.15, -0.1) is 0 Å². The highest BCUT2D eigenvalue weighted by molar-refractivity contribution is 5.22. The monoisotopic (exact) mass is 358 g/mol. The number of aromatic nitrogens is 1. The molecule has 0 spiro atoms. The fourth-order valence-electron chi connectivity index (χ4n) is 3.65. The van der Waals surface area contributed by atoms with E-state index in [1.54, 1.807) is 0 Å². The maximum atomic E-state index is 4.95. The Labute approximate surface area is 164 Å². The summed E-state index contributed by atoms with van der Waals surface area (Å²) in [7, 11) is 0. The predicted molar refractivity (Wildman–Crippen MR) is 117 cm³/mol. The van der Waals surface area contributed by atoms with Gasteiger partial charge in [0.1, 0.15) is 0 Å². The Balaban J connectivity index is 2.28. The van der Waals surface area contributed by atoms with E-state index in [9.17, 15) is 0 Å². The van der Waals surface area contributed by atoms with Gasteiger partial charge in [0.05, 0.1) is 0 Å². The molecule has 1 aromatic heterocycles. The summed E-state index contributed by atoms with van der Waals surface area (Å²) >= 11 is 0. The van der Waals surface area contributed by atoms with Crippen molar-refractivity contribution in [2.24, 2.45) is 0 Å².